The fraction of sp³-hybridized carbons (Fsp3) is 0.219. The van der Waals surface area contributed by atoms with Crippen LogP contribution in [0.15, 0.2) is 78.1 Å². The first kappa shape index (κ1) is 27.1. The van der Waals surface area contributed by atoms with Gasteiger partial charge in [-0.1, -0.05) is 48.5 Å². The number of carbonyl (C=O) groups is 2. The number of hydrogen-bond donors (Lipinski definition) is 1. The van der Waals surface area contributed by atoms with E-state index in [1.165, 1.54) is 16.2 Å². The van der Waals surface area contributed by atoms with Gasteiger partial charge < -0.3 is 14.6 Å². The number of amides is 1. The largest absolute Gasteiger partial charge is 0.503 e. The van der Waals surface area contributed by atoms with E-state index in [4.69, 9.17) is 9.47 Å². The van der Waals surface area contributed by atoms with E-state index in [-0.39, 0.29) is 5.57 Å². The van der Waals surface area contributed by atoms with E-state index >= 15 is 0 Å². The zero-order chi connectivity index (χ0) is 28.6. The summed E-state index contributed by atoms with van der Waals surface area (Å²) in [5.74, 6) is -0.635. The molecule has 204 valence electrons. The lowest BCUT2D eigenvalue weighted by Gasteiger charge is -2.29. The molecule has 0 bridgehead atoms. The van der Waals surface area contributed by atoms with Crippen LogP contribution in [0, 0.1) is 20.8 Å². The molecule has 1 unspecified atom stereocenters. The van der Waals surface area contributed by atoms with Crippen LogP contribution in [0.5, 0.6) is 11.5 Å². The molecule has 0 spiro atoms. The molecule has 40 heavy (non-hydrogen) atoms. The quantitative estimate of drug-likeness (QED) is 0.238. The first-order valence-electron chi connectivity index (χ1n) is 13.0. The molecule has 0 aliphatic carbocycles. The van der Waals surface area contributed by atoms with E-state index in [1.54, 1.807) is 32.2 Å². The number of benzene rings is 3. The van der Waals surface area contributed by atoms with Gasteiger partial charge in [0.25, 0.3) is 5.91 Å². The minimum absolute atomic E-state index is 0.00452. The smallest absolute Gasteiger partial charge is 0.294 e. The Kier molecular flexibility index (Phi) is 7.45. The van der Waals surface area contributed by atoms with Crippen LogP contribution >= 0.6 is 11.3 Å². The molecule has 4 aromatic rings. The van der Waals surface area contributed by atoms with E-state index in [1.807, 2.05) is 69.3 Å². The molecule has 0 saturated carbocycles. The monoisotopic (exact) mass is 554 g/mol. The van der Waals surface area contributed by atoms with Crippen LogP contribution in [0.1, 0.15) is 45.0 Å². The molecule has 5 rings (SSSR count). The minimum Gasteiger partial charge on any atom is -0.503 e. The number of aliphatic hydroxyl groups excluding tert-OH is 1. The average molecular weight is 555 g/mol. The summed E-state index contributed by atoms with van der Waals surface area (Å²) in [5, 5.41) is 12.0. The number of aliphatic hydroxyl groups is 1. The van der Waals surface area contributed by atoms with Gasteiger partial charge in [0, 0.05) is 11.3 Å². The van der Waals surface area contributed by atoms with Gasteiger partial charge in [0.1, 0.15) is 5.01 Å². The Labute approximate surface area is 237 Å². The summed E-state index contributed by atoms with van der Waals surface area (Å²) in [6.45, 7) is 7.91. The molecule has 0 radical (unpaired) electrons. The van der Waals surface area contributed by atoms with Crippen molar-refractivity contribution in [3.8, 4) is 22.1 Å². The normalized spacial score (nSPS) is 15.1. The number of hydrogen-bond acceptors (Lipinski definition) is 7. The van der Waals surface area contributed by atoms with Gasteiger partial charge in [0.2, 0.25) is 5.78 Å². The second-order valence-electron chi connectivity index (χ2n) is 9.53. The van der Waals surface area contributed by atoms with Crippen LogP contribution < -0.4 is 14.4 Å². The molecule has 1 amide bonds. The maximum Gasteiger partial charge on any atom is 0.294 e. The summed E-state index contributed by atoms with van der Waals surface area (Å²) in [6.07, 6.45) is 0. The number of aryl methyl sites for hydroxylation is 2. The molecule has 3 aromatic carbocycles. The van der Waals surface area contributed by atoms with Crippen molar-refractivity contribution in [2.24, 2.45) is 0 Å². The van der Waals surface area contributed by atoms with Gasteiger partial charge in [-0.05, 0) is 62.6 Å². The predicted octanol–water partition coefficient (Wildman–Crippen LogP) is 6.93. The molecule has 1 N–H and O–H groups in total. The average Bonchev–Trinajstić information content (AvgIpc) is 3.47. The third-order valence-electron chi connectivity index (χ3n) is 7.12. The third-order valence-corrected chi connectivity index (χ3v) is 8.32. The Hall–Kier alpha value is -4.43. The van der Waals surface area contributed by atoms with Gasteiger partial charge in [-0.15, -0.1) is 11.3 Å². The Balaban J connectivity index is 1.68. The van der Waals surface area contributed by atoms with Crippen molar-refractivity contribution >= 4 is 28.7 Å². The first-order chi connectivity index (χ1) is 19.3. The van der Waals surface area contributed by atoms with E-state index < -0.39 is 23.5 Å². The Morgan fingerprint density at radius 1 is 1.02 bits per heavy atom. The van der Waals surface area contributed by atoms with Gasteiger partial charge in [0.05, 0.1) is 35.9 Å². The van der Waals surface area contributed by atoms with Gasteiger partial charge >= 0.3 is 0 Å². The molecular formula is C32H30N2O5S. The minimum atomic E-state index is -0.896. The molecule has 1 atom stereocenters. The van der Waals surface area contributed by atoms with Crippen LogP contribution in [-0.4, -0.2) is 35.5 Å². The van der Waals surface area contributed by atoms with E-state index in [2.05, 4.69) is 4.98 Å². The fourth-order valence-electron chi connectivity index (χ4n) is 4.96. The summed E-state index contributed by atoms with van der Waals surface area (Å²) in [7, 11) is 1.55. The molecule has 7 nitrogen and oxygen atoms in total. The molecule has 2 heterocycles. The van der Waals surface area contributed by atoms with Crippen molar-refractivity contribution in [3.05, 3.63) is 105 Å². The van der Waals surface area contributed by atoms with E-state index in [9.17, 15) is 14.7 Å². The lowest BCUT2D eigenvalue weighted by atomic mass is 9.94. The molecule has 1 aliphatic rings. The van der Waals surface area contributed by atoms with Crippen LogP contribution in [0.25, 0.3) is 10.6 Å². The molecule has 0 saturated heterocycles. The number of ether oxygens (including phenoxy) is 2. The number of anilines is 1. The number of thiazole rings is 1. The van der Waals surface area contributed by atoms with Crippen LogP contribution in [-0.2, 0) is 4.79 Å². The number of Topliss-reactive ketones (excluding diaryl/α,β-unsaturated/α-hetero) is 1. The van der Waals surface area contributed by atoms with Crippen LogP contribution in [0.3, 0.4) is 0 Å². The van der Waals surface area contributed by atoms with Crippen molar-refractivity contribution in [2.45, 2.75) is 33.7 Å². The molecule has 8 heteroatoms. The fourth-order valence-corrected chi connectivity index (χ4v) is 5.99. The Morgan fingerprint density at radius 3 is 2.48 bits per heavy atom. The predicted molar refractivity (Wildman–Crippen MR) is 157 cm³/mol. The van der Waals surface area contributed by atoms with Gasteiger partial charge in [0.15, 0.2) is 17.3 Å². The molecule has 0 fully saturated rings. The number of methoxy groups -OCH3 is 1. The zero-order valence-electron chi connectivity index (χ0n) is 23.0. The highest BCUT2D eigenvalue weighted by atomic mass is 32.1. The SMILES string of the molecule is CCOc1cc(C2C(C(=O)c3sc(-c4ccccc4)nc3C)=C(O)C(=O)N2c2cccc(C)c2C)ccc1OC. The highest BCUT2D eigenvalue weighted by Gasteiger charge is 2.46. The number of carbonyl (C=O) groups excluding carboxylic acids is 2. The van der Waals surface area contributed by atoms with E-state index in [0.29, 0.717) is 44.9 Å². The van der Waals surface area contributed by atoms with Crippen molar-refractivity contribution in [3.63, 3.8) is 0 Å². The number of aromatic nitrogens is 1. The van der Waals surface area contributed by atoms with Crippen molar-refractivity contribution in [1.82, 2.24) is 4.98 Å². The zero-order valence-corrected chi connectivity index (χ0v) is 23.8. The van der Waals surface area contributed by atoms with Crippen molar-refractivity contribution < 1.29 is 24.2 Å². The summed E-state index contributed by atoms with van der Waals surface area (Å²) in [4.78, 5) is 34.5. The van der Waals surface area contributed by atoms with Gasteiger partial charge in [-0.3, -0.25) is 14.5 Å². The van der Waals surface area contributed by atoms with Crippen molar-refractivity contribution in [2.75, 3.05) is 18.6 Å². The van der Waals surface area contributed by atoms with E-state index in [0.717, 1.165) is 16.7 Å². The Morgan fingerprint density at radius 2 is 1.77 bits per heavy atom. The highest BCUT2D eigenvalue weighted by Crippen LogP contribution is 2.46. The van der Waals surface area contributed by atoms with Gasteiger partial charge in [-0.25, -0.2) is 4.98 Å². The lowest BCUT2D eigenvalue weighted by Crippen LogP contribution is -2.31. The van der Waals surface area contributed by atoms with Crippen molar-refractivity contribution in [1.29, 1.82) is 0 Å². The first-order valence-corrected chi connectivity index (χ1v) is 13.8. The number of ketones is 1. The maximum atomic E-state index is 14.2. The van der Waals surface area contributed by atoms with Crippen LogP contribution in [0.2, 0.25) is 0 Å². The molecular weight excluding hydrogens is 524 g/mol. The lowest BCUT2D eigenvalue weighted by molar-refractivity contribution is -0.117. The number of rotatable bonds is 8. The van der Waals surface area contributed by atoms with Crippen LogP contribution in [0.4, 0.5) is 5.69 Å². The molecule has 1 aliphatic heterocycles. The Bertz CT molecular complexity index is 1640. The molecule has 1 aromatic heterocycles. The van der Waals surface area contributed by atoms with Gasteiger partial charge in [-0.2, -0.15) is 0 Å². The summed E-state index contributed by atoms with van der Waals surface area (Å²) in [6, 6.07) is 19.6. The summed E-state index contributed by atoms with van der Waals surface area (Å²) < 4.78 is 11.3. The second-order valence-corrected chi connectivity index (χ2v) is 10.5. The highest BCUT2D eigenvalue weighted by molar-refractivity contribution is 7.17. The topological polar surface area (TPSA) is 89.0 Å². The summed E-state index contributed by atoms with van der Waals surface area (Å²) >= 11 is 1.25. The standard InChI is InChI=1S/C32H30N2O5S/c1-6-39-25-17-22(15-16-24(25)38-5)27-26(29(36)32(37)34(27)23-14-10-11-18(2)19(23)3)28(35)30-20(4)33-31(40-30)21-12-8-7-9-13-21/h7-17,27,36H,6H2,1-5H3. The second kappa shape index (κ2) is 11.0. The number of nitrogens with zero attached hydrogens (tertiary/aromatic N) is 2. The maximum absolute atomic E-state index is 14.2. The summed E-state index contributed by atoms with van der Waals surface area (Å²) in [5.41, 5.74) is 4.51. The third kappa shape index (κ3) is 4.64.